The van der Waals surface area contributed by atoms with Crippen molar-refractivity contribution in [3.05, 3.63) is 36.2 Å². The Balaban J connectivity index is 2.19. The van der Waals surface area contributed by atoms with Crippen LogP contribution >= 0.6 is 0 Å². The SMILES string of the molecule is CC(=O)NCC=Cc1ccc2ncnc(N)c2c1. The average molecular weight is 242 g/mol. The third kappa shape index (κ3) is 2.82. The lowest BCUT2D eigenvalue weighted by Crippen LogP contribution is -2.19. The van der Waals surface area contributed by atoms with Crippen molar-refractivity contribution in [2.75, 3.05) is 12.3 Å². The molecule has 92 valence electrons. The van der Waals surface area contributed by atoms with E-state index in [-0.39, 0.29) is 5.91 Å². The molecule has 1 amide bonds. The largest absolute Gasteiger partial charge is 0.383 e. The number of nitrogen functional groups attached to an aromatic ring is 1. The minimum Gasteiger partial charge on any atom is -0.383 e. The van der Waals surface area contributed by atoms with Crippen molar-refractivity contribution in [2.24, 2.45) is 0 Å². The number of nitrogens with two attached hydrogens (primary N) is 1. The Bertz CT molecular complexity index is 607. The summed E-state index contributed by atoms with van der Waals surface area (Å²) in [6.45, 7) is 2.00. The smallest absolute Gasteiger partial charge is 0.217 e. The maximum Gasteiger partial charge on any atom is 0.217 e. The Morgan fingerprint density at radius 3 is 3.06 bits per heavy atom. The van der Waals surface area contributed by atoms with E-state index >= 15 is 0 Å². The predicted molar refractivity (Wildman–Crippen MR) is 71.7 cm³/mol. The number of fused-ring (bicyclic) bond motifs is 1. The van der Waals surface area contributed by atoms with Crippen molar-refractivity contribution >= 4 is 28.7 Å². The van der Waals surface area contributed by atoms with Gasteiger partial charge >= 0.3 is 0 Å². The van der Waals surface area contributed by atoms with Crippen molar-refractivity contribution in [2.45, 2.75) is 6.92 Å². The van der Waals surface area contributed by atoms with Crippen LogP contribution in [0.1, 0.15) is 12.5 Å². The van der Waals surface area contributed by atoms with Gasteiger partial charge in [-0.1, -0.05) is 18.2 Å². The van der Waals surface area contributed by atoms with Crippen LogP contribution < -0.4 is 11.1 Å². The summed E-state index contributed by atoms with van der Waals surface area (Å²) < 4.78 is 0. The summed E-state index contributed by atoms with van der Waals surface area (Å²) in [5.41, 5.74) is 7.60. The highest BCUT2D eigenvalue weighted by atomic mass is 16.1. The van der Waals surface area contributed by atoms with Gasteiger partial charge in [-0.25, -0.2) is 9.97 Å². The van der Waals surface area contributed by atoms with E-state index in [2.05, 4.69) is 15.3 Å². The Morgan fingerprint density at radius 2 is 2.28 bits per heavy atom. The summed E-state index contributed by atoms with van der Waals surface area (Å²) >= 11 is 0. The second-order valence-electron chi connectivity index (χ2n) is 3.87. The lowest BCUT2D eigenvalue weighted by Gasteiger charge is -2.01. The number of carbonyl (C=O) groups is 1. The zero-order valence-electron chi connectivity index (χ0n) is 10.1. The highest BCUT2D eigenvalue weighted by molar-refractivity contribution is 5.89. The molecule has 0 unspecified atom stereocenters. The molecule has 0 aliphatic heterocycles. The fourth-order valence-corrected chi connectivity index (χ4v) is 1.60. The number of amides is 1. The summed E-state index contributed by atoms with van der Waals surface area (Å²) in [4.78, 5) is 18.8. The lowest BCUT2D eigenvalue weighted by molar-refractivity contribution is -0.118. The van der Waals surface area contributed by atoms with Crippen LogP contribution in [0.3, 0.4) is 0 Å². The van der Waals surface area contributed by atoms with E-state index in [0.29, 0.717) is 12.4 Å². The van der Waals surface area contributed by atoms with Crippen molar-refractivity contribution in [1.82, 2.24) is 15.3 Å². The molecule has 1 aromatic heterocycles. The van der Waals surface area contributed by atoms with Crippen molar-refractivity contribution in [3.8, 4) is 0 Å². The lowest BCUT2D eigenvalue weighted by atomic mass is 10.1. The quantitative estimate of drug-likeness (QED) is 0.851. The highest BCUT2D eigenvalue weighted by Crippen LogP contribution is 2.18. The zero-order valence-corrected chi connectivity index (χ0v) is 10.1. The maximum absolute atomic E-state index is 10.7. The third-order valence-corrected chi connectivity index (χ3v) is 2.47. The van der Waals surface area contributed by atoms with Gasteiger partial charge in [-0.15, -0.1) is 0 Å². The summed E-state index contributed by atoms with van der Waals surface area (Å²) in [7, 11) is 0. The molecule has 5 heteroatoms. The first-order chi connectivity index (χ1) is 8.66. The van der Waals surface area contributed by atoms with Gasteiger partial charge in [0.05, 0.1) is 5.52 Å². The molecule has 1 heterocycles. The molecule has 2 aromatic rings. The topological polar surface area (TPSA) is 80.9 Å². The first kappa shape index (κ1) is 12.0. The Kier molecular flexibility index (Phi) is 3.52. The van der Waals surface area contributed by atoms with Gasteiger partial charge in [-0.05, 0) is 17.7 Å². The highest BCUT2D eigenvalue weighted by Gasteiger charge is 1.99. The van der Waals surface area contributed by atoms with E-state index in [0.717, 1.165) is 16.5 Å². The van der Waals surface area contributed by atoms with Crippen molar-refractivity contribution < 1.29 is 4.79 Å². The monoisotopic (exact) mass is 242 g/mol. The summed E-state index contributed by atoms with van der Waals surface area (Å²) in [5, 5.41) is 3.52. The minimum absolute atomic E-state index is 0.0456. The van der Waals surface area contributed by atoms with E-state index in [4.69, 9.17) is 5.73 Å². The van der Waals surface area contributed by atoms with Gasteiger partial charge in [0.25, 0.3) is 0 Å². The number of nitrogens with one attached hydrogen (secondary N) is 1. The number of aromatic nitrogens is 2. The molecule has 0 saturated carbocycles. The third-order valence-electron chi connectivity index (χ3n) is 2.47. The van der Waals surface area contributed by atoms with Crippen LogP contribution in [0, 0.1) is 0 Å². The standard InChI is InChI=1S/C13H14N4O/c1-9(18)15-6-2-3-10-4-5-12-11(7-10)13(14)17-8-16-12/h2-5,7-8H,6H2,1H3,(H,15,18)(H2,14,16,17). The van der Waals surface area contributed by atoms with Gasteiger partial charge in [0.1, 0.15) is 12.1 Å². The van der Waals surface area contributed by atoms with Crippen LogP contribution in [-0.4, -0.2) is 22.4 Å². The molecule has 0 aliphatic rings. The fraction of sp³-hybridized carbons (Fsp3) is 0.154. The van der Waals surface area contributed by atoms with Crippen molar-refractivity contribution in [3.63, 3.8) is 0 Å². The first-order valence-corrected chi connectivity index (χ1v) is 5.58. The fourth-order valence-electron chi connectivity index (χ4n) is 1.60. The number of hydrogen-bond acceptors (Lipinski definition) is 4. The normalized spacial score (nSPS) is 10.9. The first-order valence-electron chi connectivity index (χ1n) is 5.58. The van der Waals surface area contributed by atoms with Crippen LogP contribution in [0.2, 0.25) is 0 Å². The van der Waals surface area contributed by atoms with E-state index in [1.54, 1.807) is 0 Å². The summed E-state index contributed by atoms with van der Waals surface area (Å²) in [6, 6.07) is 5.76. The number of carbonyl (C=O) groups excluding carboxylic acids is 1. The molecule has 0 atom stereocenters. The second-order valence-corrected chi connectivity index (χ2v) is 3.87. The van der Waals surface area contributed by atoms with Gasteiger partial charge in [0.2, 0.25) is 5.91 Å². The van der Waals surface area contributed by atoms with Crippen LogP contribution in [0.5, 0.6) is 0 Å². The molecule has 5 nitrogen and oxygen atoms in total. The second kappa shape index (κ2) is 5.27. The summed E-state index contributed by atoms with van der Waals surface area (Å²) in [5.74, 6) is 0.424. The average Bonchev–Trinajstić information content (AvgIpc) is 2.35. The summed E-state index contributed by atoms with van der Waals surface area (Å²) in [6.07, 6.45) is 5.24. The molecule has 0 fully saturated rings. The number of hydrogen-bond donors (Lipinski definition) is 2. The van der Waals surface area contributed by atoms with Gasteiger partial charge in [0, 0.05) is 18.9 Å². The number of rotatable bonds is 3. The van der Waals surface area contributed by atoms with E-state index in [1.165, 1.54) is 13.3 Å². The van der Waals surface area contributed by atoms with Crippen LogP contribution in [0.25, 0.3) is 17.0 Å². The van der Waals surface area contributed by atoms with Gasteiger partial charge in [-0.3, -0.25) is 4.79 Å². The number of anilines is 1. The molecular formula is C13H14N4O. The Hall–Kier alpha value is -2.43. The van der Waals surface area contributed by atoms with Gasteiger partial charge in [-0.2, -0.15) is 0 Å². The zero-order chi connectivity index (χ0) is 13.0. The van der Waals surface area contributed by atoms with Gasteiger partial charge < -0.3 is 11.1 Å². The molecule has 18 heavy (non-hydrogen) atoms. The van der Waals surface area contributed by atoms with E-state index < -0.39 is 0 Å². The molecule has 0 spiro atoms. The Labute approximate surface area is 105 Å². The number of nitrogens with zero attached hydrogens (tertiary/aromatic N) is 2. The van der Waals surface area contributed by atoms with Crippen molar-refractivity contribution in [1.29, 1.82) is 0 Å². The molecule has 0 bridgehead atoms. The molecule has 0 aliphatic carbocycles. The predicted octanol–water partition coefficient (Wildman–Crippen LogP) is 1.36. The molecule has 0 saturated heterocycles. The molecule has 3 N–H and O–H groups in total. The molecule has 0 radical (unpaired) electrons. The molecular weight excluding hydrogens is 228 g/mol. The Morgan fingerprint density at radius 1 is 1.44 bits per heavy atom. The number of benzene rings is 1. The maximum atomic E-state index is 10.7. The van der Waals surface area contributed by atoms with Crippen LogP contribution in [0.4, 0.5) is 5.82 Å². The van der Waals surface area contributed by atoms with E-state index in [1.807, 2.05) is 30.4 Å². The minimum atomic E-state index is -0.0456. The van der Waals surface area contributed by atoms with E-state index in [9.17, 15) is 4.79 Å². The molecule has 2 rings (SSSR count). The van der Waals surface area contributed by atoms with Crippen LogP contribution in [0.15, 0.2) is 30.6 Å². The molecule has 1 aromatic carbocycles. The van der Waals surface area contributed by atoms with Gasteiger partial charge in [0.15, 0.2) is 0 Å². The van der Waals surface area contributed by atoms with Crippen LogP contribution in [-0.2, 0) is 4.79 Å².